The summed E-state index contributed by atoms with van der Waals surface area (Å²) in [5, 5.41) is 17.6. The van der Waals surface area contributed by atoms with Gasteiger partial charge in [-0.15, -0.1) is 0 Å². The number of unbranched alkanes of at least 4 members (excludes halogenated alkanes) is 4. The molecule has 0 aliphatic carbocycles. The molecule has 3 nitrogen and oxygen atoms in total. The first-order chi connectivity index (χ1) is 11.2. The molecule has 0 aromatic carbocycles. The zero-order valence-corrected chi connectivity index (χ0v) is 14.4. The first-order valence-electron chi connectivity index (χ1n) is 8.71. The fourth-order valence-electron chi connectivity index (χ4n) is 1.96. The molecule has 23 heavy (non-hydrogen) atoms. The molecular formula is C20H32O3. The second-order valence-electron chi connectivity index (χ2n) is 5.55. The van der Waals surface area contributed by atoms with Crippen LogP contribution in [0, 0.1) is 0 Å². The zero-order valence-electron chi connectivity index (χ0n) is 14.4. The van der Waals surface area contributed by atoms with Crippen LogP contribution in [0.3, 0.4) is 0 Å². The van der Waals surface area contributed by atoms with Crippen molar-refractivity contribution in [1.82, 2.24) is 0 Å². The summed E-state index contributed by atoms with van der Waals surface area (Å²) in [6, 6.07) is 0. The van der Waals surface area contributed by atoms with Gasteiger partial charge in [0.2, 0.25) is 0 Å². The van der Waals surface area contributed by atoms with Gasteiger partial charge in [-0.05, 0) is 38.5 Å². The van der Waals surface area contributed by atoms with Crippen molar-refractivity contribution in [3.05, 3.63) is 48.6 Å². The molecule has 0 fully saturated rings. The molecule has 0 aliphatic rings. The Morgan fingerprint density at radius 1 is 0.870 bits per heavy atom. The third kappa shape index (κ3) is 16.6. The lowest BCUT2D eigenvalue weighted by molar-refractivity contribution is -0.146. The Morgan fingerprint density at radius 2 is 1.52 bits per heavy atom. The highest BCUT2D eigenvalue weighted by atomic mass is 16.4. The molecule has 0 radical (unpaired) electrons. The van der Waals surface area contributed by atoms with Gasteiger partial charge in [-0.2, -0.15) is 0 Å². The van der Waals surface area contributed by atoms with E-state index in [1.807, 2.05) is 12.2 Å². The second-order valence-corrected chi connectivity index (χ2v) is 5.55. The van der Waals surface area contributed by atoms with Gasteiger partial charge in [0.15, 0.2) is 6.10 Å². The van der Waals surface area contributed by atoms with Crippen LogP contribution in [0.5, 0.6) is 0 Å². The minimum Gasteiger partial charge on any atom is -0.479 e. The molecule has 0 aliphatic heterocycles. The van der Waals surface area contributed by atoms with Crippen molar-refractivity contribution in [2.75, 3.05) is 0 Å². The lowest BCUT2D eigenvalue weighted by Gasteiger charge is -2.00. The number of carboxylic acid groups (broad SMARTS) is 1. The molecule has 1 atom stereocenters. The molecule has 130 valence electrons. The number of hydrogen-bond acceptors (Lipinski definition) is 2. The van der Waals surface area contributed by atoms with Crippen LogP contribution in [0.4, 0.5) is 0 Å². The fraction of sp³-hybridized carbons (Fsp3) is 0.550. The number of carbonyl (C=O) groups is 1. The van der Waals surface area contributed by atoms with Gasteiger partial charge >= 0.3 is 5.97 Å². The topological polar surface area (TPSA) is 57.5 Å². The van der Waals surface area contributed by atoms with Crippen molar-refractivity contribution in [3.8, 4) is 0 Å². The SMILES string of the molecule is CCCCCCC=CC=CCC=CCC=CCCC(O)C(=O)O. The summed E-state index contributed by atoms with van der Waals surface area (Å²) in [5.74, 6) is -1.15. The van der Waals surface area contributed by atoms with Crippen molar-refractivity contribution in [3.63, 3.8) is 0 Å². The lowest BCUT2D eigenvalue weighted by atomic mass is 10.1. The third-order valence-corrected chi connectivity index (χ3v) is 3.38. The van der Waals surface area contributed by atoms with Gasteiger partial charge in [-0.3, -0.25) is 0 Å². The lowest BCUT2D eigenvalue weighted by Crippen LogP contribution is -2.18. The van der Waals surface area contributed by atoms with Crippen LogP contribution in [0.15, 0.2) is 48.6 Å². The van der Waals surface area contributed by atoms with E-state index in [9.17, 15) is 4.79 Å². The third-order valence-electron chi connectivity index (χ3n) is 3.38. The van der Waals surface area contributed by atoms with Crippen LogP contribution in [0.25, 0.3) is 0 Å². The number of rotatable bonds is 14. The number of allylic oxidation sites excluding steroid dienone is 8. The summed E-state index contributed by atoms with van der Waals surface area (Å²) in [6.07, 6.45) is 24.4. The number of aliphatic hydroxyl groups excluding tert-OH is 1. The number of aliphatic hydroxyl groups is 1. The van der Waals surface area contributed by atoms with E-state index >= 15 is 0 Å². The van der Waals surface area contributed by atoms with Gasteiger partial charge in [-0.25, -0.2) is 4.79 Å². The summed E-state index contributed by atoms with van der Waals surface area (Å²) < 4.78 is 0. The molecule has 2 N–H and O–H groups in total. The van der Waals surface area contributed by atoms with Crippen LogP contribution in [0.2, 0.25) is 0 Å². The minimum absolute atomic E-state index is 0.267. The van der Waals surface area contributed by atoms with E-state index in [1.165, 1.54) is 32.1 Å². The quantitative estimate of drug-likeness (QED) is 0.263. The van der Waals surface area contributed by atoms with Crippen LogP contribution < -0.4 is 0 Å². The monoisotopic (exact) mass is 320 g/mol. The molecule has 0 heterocycles. The van der Waals surface area contributed by atoms with Crippen LogP contribution in [0.1, 0.15) is 64.7 Å². The fourth-order valence-corrected chi connectivity index (χ4v) is 1.96. The largest absolute Gasteiger partial charge is 0.479 e. The van der Waals surface area contributed by atoms with Crippen molar-refractivity contribution in [2.24, 2.45) is 0 Å². The van der Waals surface area contributed by atoms with E-state index in [2.05, 4.69) is 43.4 Å². The van der Waals surface area contributed by atoms with Gasteiger partial charge in [0.1, 0.15) is 0 Å². The van der Waals surface area contributed by atoms with Crippen LogP contribution in [-0.2, 0) is 4.79 Å². The van der Waals surface area contributed by atoms with E-state index < -0.39 is 12.1 Å². The molecule has 0 aromatic heterocycles. The summed E-state index contributed by atoms with van der Waals surface area (Å²) in [7, 11) is 0. The average molecular weight is 320 g/mol. The predicted octanol–water partition coefficient (Wildman–Crippen LogP) is 5.19. The van der Waals surface area contributed by atoms with Crippen molar-refractivity contribution >= 4 is 5.97 Å². The molecule has 0 rings (SSSR count). The maximum Gasteiger partial charge on any atom is 0.332 e. The standard InChI is InChI=1S/C20H32O3/c1-2-3-4-5-6-7-8-9-10-11-12-13-14-15-16-17-18-19(21)20(22)23/h7-10,12-13,15-16,19,21H,2-6,11,14,17-18H2,1H3,(H,22,23). The molecule has 1 unspecified atom stereocenters. The van der Waals surface area contributed by atoms with Crippen molar-refractivity contribution in [2.45, 2.75) is 70.8 Å². The van der Waals surface area contributed by atoms with Gasteiger partial charge < -0.3 is 10.2 Å². The normalized spacial score (nSPS) is 13.8. The second kappa shape index (κ2) is 16.8. The Bertz CT molecular complexity index is 392. The number of aliphatic carboxylic acids is 1. The average Bonchev–Trinajstić information content (AvgIpc) is 2.54. The van der Waals surface area contributed by atoms with Gasteiger partial charge in [0.25, 0.3) is 0 Å². The van der Waals surface area contributed by atoms with Gasteiger partial charge in [0, 0.05) is 0 Å². The van der Waals surface area contributed by atoms with Crippen molar-refractivity contribution in [1.29, 1.82) is 0 Å². The molecule has 0 saturated carbocycles. The van der Waals surface area contributed by atoms with Gasteiger partial charge in [-0.1, -0.05) is 74.8 Å². The summed E-state index contributed by atoms with van der Waals surface area (Å²) in [5.41, 5.74) is 0. The van der Waals surface area contributed by atoms with E-state index in [1.54, 1.807) is 0 Å². The van der Waals surface area contributed by atoms with Crippen LogP contribution in [-0.4, -0.2) is 22.3 Å². The smallest absolute Gasteiger partial charge is 0.332 e. The molecular weight excluding hydrogens is 288 g/mol. The van der Waals surface area contributed by atoms with E-state index in [-0.39, 0.29) is 6.42 Å². The molecule has 3 heteroatoms. The van der Waals surface area contributed by atoms with Gasteiger partial charge in [0.05, 0.1) is 0 Å². The van der Waals surface area contributed by atoms with E-state index in [0.29, 0.717) is 6.42 Å². The predicted molar refractivity (Wildman–Crippen MR) is 97.4 cm³/mol. The van der Waals surface area contributed by atoms with Crippen molar-refractivity contribution < 1.29 is 15.0 Å². The number of hydrogen-bond donors (Lipinski definition) is 2. The Hall–Kier alpha value is -1.61. The first-order valence-corrected chi connectivity index (χ1v) is 8.71. The molecule has 0 spiro atoms. The zero-order chi connectivity index (χ0) is 17.2. The highest BCUT2D eigenvalue weighted by Crippen LogP contribution is 2.03. The Morgan fingerprint density at radius 3 is 2.22 bits per heavy atom. The number of carboxylic acids is 1. The Balaban J connectivity index is 3.51. The Labute approximate surface area is 141 Å². The van der Waals surface area contributed by atoms with E-state index in [0.717, 1.165) is 12.8 Å². The van der Waals surface area contributed by atoms with E-state index in [4.69, 9.17) is 10.2 Å². The molecule has 0 saturated heterocycles. The summed E-state index contributed by atoms with van der Waals surface area (Å²) in [4.78, 5) is 10.4. The van der Waals surface area contributed by atoms with Crippen LogP contribution >= 0.6 is 0 Å². The molecule has 0 amide bonds. The highest BCUT2D eigenvalue weighted by Gasteiger charge is 2.10. The summed E-state index contributed by atoms with van der Waals surface area (Å²) >= 11 is 0. The molecule has 0 bridgehead atoms. The minimum atomic E-state index is -1.25. The first kappa shape index (κ1) is 21.4. The Kier molecular flexibility index (Phi) is 15.6. The highest BCUT2D eigenvalue weighted by molar-refractivity contribution is 5.71. The maximum absolute atomic E-state index is 10.4. The maximum atomic E-state index is 10.4. The molecule has 0 aromatic rings. The summed E-state index contributed by atoms with van der Waals surface area (Å²) in [6.45, 7) is 2.23.